The van der Waals surface area contributed by atoms with Crippen LogP contribution in [0.15, 0.2) is 0 Å². The van der Waals surface area contributed by atoms with E-state index in [0.29, 0.717) is 19.2 Å². The summed E-state index contributed by atoms with van der Waals surface area (Å²) in [5.74, 6) is 0.484. The smallest absolute Gasteiger partial charge is 0.336 e. The van der Waals surface area contributed by atoms with Gasteiger partial charge in [0.25, 0.3) is 0 Å². The zero-order chi connectivity index (χ0) is 9.97. The second-order valence-corrected chi connectivity index (χ2v) is 4.05. The lowest BCUT2D eigenvalue weighted by Crippen LogP contribution is -2.53. The maximum atomic E-state index is 11.1. The first-order chi connectivity index (χ1) is 6.81. The monoisotopic (exact) mass is 199 g/mol. The molecule has 1 saturated heterocycles. The zero-order valence-corrected chi connectivity index (χ0v) is 8.49. The molecule has 2 fully saturated rings. The van der Waals surface area contributed by atoms with Gasteiger partial charge in [-0.25, -0.2) is 4.79 Å². The van der Waals surface area contributed by atoms with Crippen molar-refractivity contribution in [3.05, 3.63) is 0 Å². The van der Waals surface area contributed by atoms with Crippen LogP contribution in [0.4, 0.5) is 0 Å². The lowest BCUT2D eigenvalue weighted by atomic mass is 9.79. The predicted octanol–water partition coefficient (Wildman–Crippen LogP) is 0.316. The molecule has 0 bridgehead atoms. The summed E-state index contributed by atoms with van der Waals surface area (Å²) in [7, 11) is 1.39. The third-order valence-corrected chi connectivity index (χ3v) is 3.23. The highest BCUT2D eigenvalue weighted by atomic mass is 16.6. The Morgan fingerprint density at radius 2 is 2.29 bits per heavy atom. The van der Waals surface area contributed by atoms with Crippen LogP contribution in [-0.2, 0) is 14.3 Å². The summed E-state index contributed by atoms with van der Waals surface area (Å²) in [6.45, 7) is 1.23. The van der Waals surface area contributed by atoms with Crippen LogP contribution in [0.2, 0.25) is 0 Å². The predicted molar refractivity (Wildman–Crippen MR) is 50.9 cm³/mol. The summed E-state index contributed by atoms with van der Waals surface area (Å²) < 4.78 is 10.1. The van der Waals surface area contributed by atoms with E-state index in [-0.39, 0.29) is 5.97 Å². The Balaban J connectivity index is 1.76. The second-order valence-electron chi connectivity index (χ2n) is 4.05. The van der Waals surface area contributed by atoms with Crippen LogP contribution >= 0.6 is 0 Å². The van der Waals surface area contributed by atoms with Crippen molar-refractivity contribution in [1.29, 1.82) is 0 Å². The molecule has 0 amide bonds. The molecule has 0 aromatic rings. The summed E-state index contributed by atoms with van der Waals surface area (Å²) in [5.41, 5.74) is 0. The fourth-order valence-corrected chi connectivity index (χ4v) is 2.02. The molecule has 4 nitrogen and oxygen atoms in total. The van der Waals surface area contributed by atoms with Crippen molar-refractivity contribution in [2.45, 2.75) is 31.4 Å². The maximum absolute atomic E-state index is 11.1. The number of carbonyl (C=O) groups excluding carboxylic acids is 1. The van der Waals surface area contributed by atoms with E-state index in [1.54, 1.807) is 0 Å². The van der Waals surface area contributed by atoms with Gasteiger partial charge < -0.3 is 14.8 Å². The molecule has 4 heteroatoms. The first-order valence-electron chi connectivity index (χ1n) is 5.24. The van der Waals surface area contributed by atoms with E-state index < -0.39 is 6.10 Å². The Hall–Kier alpha value is -0.610. The van der Waals surface area contributed by atoms with Crippen molar-refractivity contribution < 1.29 is 14.3 Å². The molecule has 2 aliphatic rings. The third-order valence-electron chi connectivity index (χ3n) is 3.23. The van der Waals surface area contributed by atoms with Gasteiger partial charge in [-0.3, -0.25) is 0 Å². The van der Waals surface area contributed by atoms with Gasteiger partial charge in [0.15, 0.2) is 6.10 Å². The number of morpholine rings is 1. The summed E-state index contributed by atoms with van der Waals surface area (Å²) in [4.78, 5) is 11.1. The summed E-state index contributed by atoms with van der Waals surface area (Å²) in [6, 6.07) is 0.449. The molecule has 2 unspecified atom stereocenters. The highest BCUT2D eigenvalue weighted by molar-refractivity contribution is 5.74. The fourth-order valence-electron chi connectivity index (χ4n) is 2.02. The molecule has 1 aliphatic carbocycles. The van der Waals surface area contributed by atoms with Crippen molar-refractivity contribution in [1.82, 2.24) is 5.32 Å². The summed E-state index contributed by atoms with van der Waals surface area (Å²) in [5, 5.41) is 3.36. The minimum atomic E-state index is -0.406. The quantitative estimate of drug-likeness (QED) is 0.650. The van der Waals surface area contributed by atoms with E-state index in [9.17, 15) is 4.79 Å². The molecule has 14 heavy (non-hydrogen) atoms. The molecular formula is C10H17NO3. The Kier molecular flexibility index (Phi) is 3.03. The Bertz CT molecular complexity index is 207. The molecule has 80 valence electrons. The standard InChI is InChI=1S/C10H17NO3/c1-13-10(12)9-5-11-8(6-14-9)7-3-2-4-7/h7-9,11H,2-6H2,1H3. The van der Waals surface area contributed by atoms with Gasteiger partial charge in [0.1, 0.15) is 0 Å². The van der Waals surface area contributed by atoms with E-state index in [1.807, 2.05) is 0 Å². The van der Waals surface area contributed by atoms with Crippen molar-refractivity contribution >= 4 is 5.97 Å². The maximum Gasteiger partial charge on any atom is 0.336 e. The number of hydrogen-bond acceptors (Lipinski definition) is 4. The second kappa shape index (κ2) is 4.28. The molecule has 0 aromatic carbocycles. The number of rotatable bonds is 2. The Morgan fingerprint density at radius 3 is 2.71 bits per heavy atom. The van der Waals surface area contributed by atoms with Gasteiger partial charge >= 0.3 is 5.97 Å². The van der Waals surface area contributed by atoms with E-state index in [0.717, 1.165) is 5.92 Å². The number of hydrogen-bond donors (Lipinski definition) is 1. The fraction of sp³-hybridized carbons (Fsp3) is 0.900. The minimum absolute atomic E-state index is 0.274. The van der Waals surface area contributed by atoms with Crippen molar-refractivity contribution in [3.63, 3.8) is 0 Å². The topological polar surface area (TPSA) is 47.6 Å². The van der Waals surface area contributed by atoms with Gasteiger partial charge in [0.2, 0.25) is 0 Å². The van der Waals surface area contributed by atoms with E-state index >= 15 is 0 Å². The summed E-state index contributed by atoms with van der Waals surface area (Å²) >= 11 is 0. The zero-order valence-electron chi connectivity index (χ0n) is 8.49. The molecule has 1 aliphatic heterocycles. The number of esters is 1. The van der Waals surface area contributed by atoms with Crippen LogP contribution in [0.25, 0.3) is 0 Å². The minimum Gasteiger partial charge on any atom is -0.467 e. The van der Waals surface area contributed by atoms with Gasteiger partial charge in [0.05, 0.1) is 13.7 Å². The van der Waals surface area contributed by atoms with Crippen LogP contribution in [-0.4, -0.2) is 38.4 Å². The first-order valence-corrected chi connectivity index (χ1v) is 5.24. The highest BCUT2D eigenvalue weighted by Gasteiger charge is 2.33. The van der Waals surface area contributed by atoms with Gasteiger partial charge in [-0.15, -0.1) is 0 Å². The van der Waals surface area contributed by atoms with Crippen LogP contribution in [0, 0.1) is 5.92 Å². The van der Waals surface area contributed by atoms with Crippen molar-refractivity contribution in [2.75, 3.05) is 20.3 Å². The molecule has 0 aromatic heterocycles. The van der Waals surface area contributed by atoms with Gasteiger partial charge in [-0.2, -0.15) is 0 Å². The number of methoxy groups -OCH3 is 1. The van der Waals surface area contributed by atoms with Gasteiger partial charge in [-0.1, -0.05) is 6.42 Å². The number of ether oxygens (including phenoxy) is 2. The molecular weight excluding hydrogens is 182 g/mol. The van der Waals surface area contributed by atoms with Crippen LogP contribution < -0.4 is 5.32 Å². The molecule has 1 heterocycles. The average Bonchev–Trinajstić information content (AvgIpc) is 2.15. The third kappa shape index (κ3) is 1.91. The van der Waals surface area contributed by atoms with Crippen LogP contribution in [0.5, 0.6) is 0 Å². The molecule has 2 rings (SSSR count). The highest BCUT2D eigenvalue weighted by Crippen LogP contribution is 2.30. The molecule has 0 radical (unpaired) electrons. The lowest BCUT2D eigenvalue weighted by molar-refractivity contribution is -0.157. The molecule has 0 spiro atoms. The van der Waals surface area contributed by atoms with Gasteiger partial charge in [-0.05, 0) is 18.8 Å². The molecule has 2 atom stereocenters. The Labute approximate surface area is 84.0 Å². The largest absolute Gasteiger partial charge is 0.467 e. The summed E-state index contributed by atoms with van der Waals surface area (Å²) in [6.07, 6.45) is 3.52. The molecule has 1 N–H and O–H groups in total. The van der Waals surface area contributed by atoms with Crippen molar-refractivity contribution in [2.24, 2.45) is 5.92 Å². The van der Waals surface area contributed by atoms with Crippen LogP contribution in [0.3, 0.4) is 0 Å². The normalized spacial score (nSPS) is 33.5. The van der Waals surface area contributed by atoms with E-state index in [1.165, 1.54) is 26.4 Å². The van der Waals surface area contributed by atoms with Crippen molar-refractivity contribution in [3.8, 4) is 0 Å². The number of nitrogens with one attached hydrogen (secondary N) is 1. The Morgan fingerprint density at radius 1 is 1.50 bits per heavy atom. The van der Waals surface area contributed by atoms with E-state index in [4.69, 9.17) is 4.74 Å². The van der Waals surface area contributed by atoms with Crippen LogP contribution in [0.1, 0.15) is 19.3 Å². The van der Waals surface area contributed by atoms with E-state index in [2.05, 4.69) is 10.1 Å². The molecule has 1 saturated carbocycles. The lowest BCUT2D eigenvalue weighted by Gasteiger charge is -2.38. The average molecular weight is 199 g/mol. The SMILES string of the molecule is COC(=O)C1CNC(C2CCC2)CO1. The first kappa shape index (κ1) is 9.93. The van der Waals surface area contributed by atoms with Gasteiger partial charge in [0, 0.05) is 12.6 Å². The number of carbonyl (C=O) groups is 1.